The Labute approximate surface area is 472 Å². The predicted molar refractivity (Wildman–Crippen MR) is 273 cm³/mol. The lowest BCUT2D eigenvalue weighted by molar-refractivity contribution is -0.285. The fraction of sp³-hybridized carbons (Fsp3) is 0.576. The number of carbonyl (C=O) groups is 5. The number of nitrogens with one attached hydrogen (secondary N) is 1. The first-order valence-electron chi connectivity index (χ1n) is 28.1. The third-order valence-corrected chi connectivity index (χ3v) is 21.6. The van der Waals surface area contributed by atoms with E-state index in [1.165, 1.54) is 37.6 Å². The summed E-state index contributed by atoms with van der Waals surface area (Å²) >= 11 is 0. The van der Waals surface area contributed by atoms with Crippen LogP contribution < -0.4 is 14.8 Å². The second-order valence-corrected chi connectivity index (χ2v) is 25.4. The number of fused-ring (bicyclic) bond motifs is 15. The summed E-state index contributed by atoms with van der Waals surface area (Å²) in [7, 11) is 0. The van der Waals surface area contributed by atoms with Crippen molar-refractivity contribution in [1.29, 1.82) is 0 Å². The molecule has 83 heavy (non-hydrogen) atoms. The highest BCUT2D eigenvalue weighted by atomic mass is 19.1. The summed E-state index contributed by atoms with van der Waals surface area (Å²) in [4.78, 5) is 68.0. The molecule has 6 N–H and O–H groups in total. The van der Waals surface area contributed by atoms with E-state index in [9.17, 15) is 53.9 Å². The number of aromatic hydroxyl groups is 1. The van der Waals surface area contributed by atoms with Crippen molar-refractivity contribution in [3.8, 4) is 23.0 Å². The number of ether oxygens (including phenoxy) is 8. The minimum absolute atomic E-state index is 0.00784. The molecule has 8 fully saturated rings. The van der Waals surface area contributed by atoms with Crippen LogP contribution in [0.1, 0.15) is 100 Å². The van der Waals surface area contributed by atoms with Gasteiger partial charge in [0.2, 0.25) is 11.7 Å². The lowest BCUT2D eigenvalue weighted by atomic mass is 9.40. The molecule has 24 heteroatoms. The number of aryl methyl sites for hydroxylation is 1. The zero-order valence-electron chi connectivity index (χ0n) is 46.1. The number of amides is 1. The average molecular weight is 1150 g/mol. The van der Waals surface area contributed by atoms with Crippen molar-refractivity contribution in [2.75, 3.05) is 0 Å². The zero-order chi connectivity index (χ0) is 58.7. The number of carbonyl (C=O) groups excluding carboxylic acids is 5. The minimum Gasteiger partial charge on any atom is -0.505 e. The number of nitrogens with zero attached hydrogens (tertiary/aromatic N) is 3. The van der Waals surface area contributed by atoms with E-state index in [0.717, 1.165) is 18.2 Å². The van der Waals surface area contributed by atoms with E-state index in [1.807, 2.05) is 13.8 Å². The van der Waals surface area contributed by atoms with Crippen LogP contribution >= 0.6 is 0 Å². The Morgan fingerprint density at radius 3 is 2.31 bits per heavy atom. The van der Waals surface area contributed by atoms with Gasteiger partial charge in [0.05, 0.1) is 58.8 Å². The second-order valence-electron chi connectivity index (χ2n) is 25.4. The third kappa shape index (κ3) is 6.92. The smallest absolute Gasteiger partial charge is 0.341 e. The van der Waals surface area contributed by atoms with Crippen LogP contribution in [0.15, 0.2) is 54.7 Å². The van der Waals surface area contributed by atoms with Crippen LogP contribution in [0.4, 0.5) is 8.78 Å². The number of phenolic OH excluding ortho intramolecular Hbond substituents is 1. The number of aliphatic hydroxyl groups is 4. The maximum absolute atomic E-state index is 16.2. The number of aliphatic hydroxyl groups excluding tert-OH is 3. The first kappa shape index (κ1) is 54.1. The molecule has 440 valence electrons. The summed E-state index contributed by atoms with van der Waals surface area (Å²) < 4.78 is 81.3. The van der Waals surface area contributed by atoms with Gasteiger partial charge in [0.1, 0.15) is 48.2 Å². The molecule has 22 nitrogen and oxygen atoms in total. The Balaban J connectivity index is 0.717. The number of rotatable bonds is 10. The van der Waals surface area contributed by atoms with Crippen LogP contribution in [-0.2, 0) is 66.4 Å². The lowest BCUT2D eigenvalue weighted by Gasteiger charge is -2.67. The molecule has 3 aromatic carbocycles. The van der Waals surface area contributed by atoms with Crippen LogP contribution in [0.25, 0.3) is 0 Å². The maximum Gasteiger partial charge on any atom is 0.341 e. The van der Waals surface area contributed by atoms with E-state index in [4.69, 9.17) is 37.9 Å². The van der Waals surface area contributed by atoms with Crippen molar-refractivity contribution in [3.05, 3.63) is 94.3 Å². The topological polar surface area (TPSA) is 310 Å². The number of halogens is 2. The molecule has 4 aromatic rings. The van der Waals surface area contributed by atoms with Crippen molar-refractivity contribution < 1.29 is 96.2 Å². The predicted octanol–water partition coefficient (Wildman–Crippen LogP) is 3.60. The summed E-state index contributed by atoms with van der Waals surface area (Å²) in [6.45, 7) is 10.8. The van der Waals surface area contributed by atoms with Gasteiger partial charge in [-0.2, -0.15) is 0 Å². The Morgan fingerprint density at radius 2 is 1.58 bits per heavy atom. The molecule has 5 saturated carbocycles. The quantitative estimate of drug-likeness (QED) is 0.0751. The van der Waals surface area contributed by atoms with E-state index in [2.05, 4.69) is 15.6 Å². The largest absolute Gasteiger partial charge is 0.505 e. The molecule has 14 rings (SSSR count). The van der Waals surface area contributed by atoms with Gasteiger partial charge in [-0.25, -0.2) is 18.4 Å². The van der Waals surface area contributed by atoms with E-state index >= 15 is 4.39 Å². The van der Waals surface area contributed by atoms with Gasteiger partial charge in [0.25, 0.3) is 0 Å². The van der Waals surface area contributed by atoms with E-state index in [-0.39, 0.29) is 72.0 Å². The molecule has 22 atom stereocenters. The van der Waals surface area contributed by atoms with Gasteiger partial charge in [-0.3, -0.25) is 19.1 Å². The highest BCUT2D eigenvalue weighted by Crippen LogP contribution is 2.81. The summed E-state index contributed by atoms with van der Waals surface area (Å²) in [5.41, 5.74) is -7.43. The van der Waals surface area contributed by atoms with Crippen molar-refractivity contribution >= 4 is 29.8 Å². The SMILES string of the molecule is CC(=O)O[C@H]1C2C([C@@H](O)[C@@H](NC(=O)CCCn3cc(COc4cc5c(cc4F)C4(OC(=O)c6ccccc64)c4cc(F)c(O)cc4O5)nn3)[C@H]3C[C@@H]4O[C@@H]4[C@H](O)[C@]23C)[C@@H]2[C@@H](O)[C@@H]3[C@H]([C@H](C)[C@H]4O[C@]45OC(=O)[C@@](C)(O)[C@]35C)[C@@]2(C)[C@H]1OC(C)=O. The number of phenols is 1. The number of hydrogen-bond acceptors (Lipinski definition) is 20. The molecule has 3 saturated heterocycles. The zero-order valence-corrected chi connectivity index (χ0v) is 46.1. The minimum atomic E-state index is -2.18. The van der Waals surface area contributed by atoms with Crippen molar-refractivity contribution in [1.82, 2.24) is 20.3 Å². The fourth-order valence-corrected chi connectivity index (χ4v) is 18.1. The Hall–Kier alpha value is -6.83. The third-order valence-electron chi connectivity index (χ3n) is 21.6. The van der Waals surface area contributed by atoms with Gasteiger partial charge in [0, 0.05) is 73.1 Å². The number of aromatic nitrogens is 3. The van der Waals surface area contributed by atoms with Gasteiger partial charge in [-0.05, 0) is 68.6 Å². The number of benzene rings is 3. The van der Waals surface area contributed by atoms with Crippen LogP contribution in [0.3, 0.4) is 0 Å². The molecule has 6 heterocycles. The molecular formula is C59H62F2N4O18. The van der Waals surface area contributed by atoms with E-state index in [0.29, 0.717) is 5.56 Å². The highest BCUT2D eigenvalue weighted by molar-refractivity contribution is 5.97. The van der Waals surface area contributed by atoms with Crippen molar-refractivity contribution in [2.24, 2.45) is 57.7 Å². The molecule has 10 aliphatic rings. The van der Waals surface area contributed by atoms with E-state index < -0.39 is 177 Å². The lowest BCUT2D eigenvalue weighted by Crippen LogP contribution is -2.76. The summed E-state index contributed by atoms with van der Waals surface area (Å²) in [5.74, 6) is -14.2. The van der Waals surface area contributed by atoms with Gasteiger partial charge in [-0.15, -0.1) is 5.10 Å². The monoisotopic (exact) mass is 1150 g/mol. The number of epoxide rings is 2. The van der Waals surface area contributed by atoms with Crippen molar-refractivity contribution in [3.63, 3.8) is 0 Å². The molecule has 1 amide bonds. The molecular weight excluding hydrogens is 1090 g/mol. The fourth-order valence-electron chi connectivity index (χ4n) is 18.1. The Bertz CT molecular complexity index is 3510. The summed E-state index contributed by atoms with van der Waals surface area (Å²) in [6.07, 6.45) is -6.66. The molecule has 0 bridgehead atoms. The van der Waals surface area contributed by atoms with Gasteiger partial charge < -0.3 is 68.7 Å². The number of esters is 4. The first-order valence-corrected chi connectivity index (χ1v) is 28.1. The average Bonchev–Trinajstić information content (AvgIpc) is 1.48. The van der Waals surface area contributed by atoms with Gasteiger partial charge in [-0.1, -0.05) is 44.2 Å². The van der Waals surface area contributed by atoms with Crippen LogP contribution in [-0.4, -0.2) is 137 Å². The van der Waals surface area contributed by atoms with Gasteiger partial charge >= 0.3 is 23.9 Å². The van der Waals surface area contributed by atoms with E-state index in [1.54, 1.807) is 38.2 Å². The van der Waals surface area contributed by atoms with Gasteiger partial charge in [0.15, 0.2) is 34.3 Å². The Kier molecular flexibility index (Phi) is 11.5. The van der Waals surface area contributed by atoms with Crippen LogP contribution in [0.5, 0.6) is 23.0 Å². The normalized spacial score (nSPS) is 42.9. The molecule has 2 spiro atoms. The standard InChI is InChI=1S/C59H62F2N4O18/c1-22-40-43(56(6)57(7,75)53(74)83-59(56)50(22)81-59)46(71)41-39-42(48(77-23(2)66)51(55(40,41)5)78-24(3)67)54(4)30(17-37-47(80-37)49(54)72)44(45(39)70)62-38(69)13-10-14-65-20-25(63-64-65)21-76-36-19-35-29(16-32(36)61)58(27-12-9-8-11-26(27)52(73)82-58)28-15-31(60)33(68)18-34(28)79-35/h8-9,11-12,15-16,18-20,22,30,37,39-51,68,70-72,75H,10,13-14,17,21H2,1-7H3,(H,62,69)/t22-,30+,37-,39?,40-,41+,42?,43-,44-,45+,46+,47-,48-,49-,50+,51-,54-,55+,56-,57+,58?,59-/m0/s1. The summed E-state index contributed by atoms with van der Waals surface area (Å²) in [6, 6.07) is 9.72. The first-order chi connectivity index (χ1) is 39.2. The molecule has 1 aromatic heterocycles. The number of hydrogen-bond donors (Lipinski definition) is 6. The maximum atomic E-state index is 16.2. The second kappa shape index (κ2) is 17.6. The molecule has 5 aliphatic heterocycles. The molecule has 3 unspecified atom stereocenters. The van der Waals surface area contributed by atoms with Crippen LogP contribution in [0, 0.1) is 69.3 Å². The summed E-state index contributed by atoms with van der Waals surface area (Å²) in [5, 5.41) is 73.0. The molecule has 0 radical (unpaired) electrons. The highest BCUT2D eigenvalue weighted by Gasteiger charge is 2.93. The van der Waals surface area contributed by atoms with Crippen molar-refractivity contribution in [2.45, 2.75) is 153 Å². The molecule has 5 aliphatic carbocycles. The Morgan fingerprint density at radius 1 is 0.867 bits per heavy atom. The van der Waals surface area contributed by atoms with Crippen LogP contribution in [0.2, 0.25) is 0 Å².